The van der Waals surface area contributed by atoms with Crippen LogP contribution in [0.15, 0.2) is 34.8 Å². The van der Waals surface area contributed by atoms with Gasteiger partial charge in [-0.1, -0.05) is 22.0 Å². The van der Waals surface area contributed by atoms with Crippen LogP contribution in [-0.4, -0.2) is 5.11 Å². The second kappa shape index (κ2) is 5.97. The highest BCUT2D eigenvalue weighted by molar-refractivity contribution is 9.10. The summed E-state index contributed by atoms with van der Waals surface area (Å²) in [7, 11) is 0. The van der Waals surface area contributed by atoms with Gasteiger partial charge in [0.15, 0.2) is 0 Å². The molecule has 2 rings (SSSR count). The summed E-state index contributed by atoms with van der Waals surface area (Å²) in [6, 6.07) is 6.09. The van der Waals surface area contributed by atoms with Gasteiger partial charge in [-0.3, -0.25) is 0 Å². The van der Waals surface area contributed by atoms with Gasteiger partial charge in [-0.15, -0.1) is 0 Å². The number of aryl methyl sites for hydroxylation is 1. The number of benzene rings is 2. The van der Waals surface area contributed by atoms with E-state index in [1.807, 2.05) is 0 Å². The van der Waals surface area contributed by atoms with Crippen molar-refractivity contribution in [3.05, 3.63) is 68.9 Å². The van der Waals surface area contributed by atoms with Gasteiger partial charge in [0.1, 0.15) is 17.5 Å². The number of hydrogen-bond acceptors (Lipinski definition) is 1. The van der Waals surface area contributed by atoms with E-state index in [9.17, 15) is 18.3 Å². The van der Waals surface area contributed by atoms with Gasteiger partial charge in [0.2, 0.25) is 0 Å². The van der Waals surface area contributed by atoms with E-state index in [0.29, 0.717) is 10.0 Å². The van der Waals surface area contributed by atoms with E-state index in [0.717, 1.165) is 6.07 Å². The molecule has 0 aromatic heterocycles. The average molecular weight is 345 g/mol. The summed E-state index contributed by atoms with van der Waals surface area (Å²) in [6.07, 6.45) is -1.03. The number of aliphatic hydroxyl groups is 1. The molecule has 20 heavy (non-hydrogen) atoms. The van der Waals surface area contributed by atoms with Crippen molar-refractivity contribution in [2.45, 2.75) is 19.4 Å². The van der Waals surface area contributed by atoms with Crippen molar-refractivity contribution in [2.24, 2.45) is 0 Å². The third-order valence-corrected chi connectivity index (χ3v) is 3.80. The predicted molar refractivity (Wildman–Crippen MR) is 73.9 cm³/mol. The lowest BCUT2D eigenvalue weighted by Crippen LogP contribution is -2.06. The molecule has 0 saturated heterocycles. The Bertz CT molecular complexity index is 643. The fourth-order valence-electron chi connectivity index (χ4n) is 1.94. The van der Waals surface area contributed by atoms with E-state index in [-0.39, 0.29) is 17.5 Å². The third-order valence-electron chi connectivity index (χ3n) is 3.07. The lowest BCUT2D eigenvalue weighted by Gasteiger charge is -2.14. The van der Waals surface area contributed by atoms with Gasteiger partial charge in [-0.05, 0) is 36.2 Å². The Morgan fingerprint density at radius 2 is 1.80 bits per heavy atom. The van der Waals surface area contributed by atoms with Crippen LogP contribution in [0.1, 0.15) is 22.8 Å². The average Bonchev–Trinajstić information content (AvgIpc) is 2.37. The molecule has 0 aliphatic heterocycles. The van der Waals surface area contributed by atoms with Gasteiger partial charge in [0, 0.05) is 22.5 Å². The first-order valence-corrected chi connectivity index (χ1v) is 6.75. The summed E-state index contributed by atoms with van der Waals surface area (Å²) in [6.45, 7) is 1.50. The molecule has 0 bridgehead atoms. The predicted octanol–water partition coefficient (Wildman–Crippen LogP) is 4.45. The van der Waals surface area contributed by atoms with E-state index in [4.69, 9.17) is 0 Å². The first kappa shape index (κ1) is 15.1. The molecule has 1 atom stereocenters. The van der Waals surface area contributed by atoms with Crippen molar-refractivity contribution in [3.63, 3.8) is 0 Å². The molecule has 0 saturated carbocycles. The molecule has 0 spiro atoms. The van der Waals surface area contributed by atoms with Crippen LogP contribution in [0.25, 0.3) is 0 Å². The first-order valence-electron chi connectivity index (χ1n) is 5.96. The van der Waals surface area contributed by atoms with E-state index in [2.05, 4.69) is 15.9 Å². The fourth-order valence-corrected chi connectivity index (χ4v) is 2.45. The standard InChI is InChI=1S/C15H12BrF3O/c1-8-4-11(14(19)7-13(8)18)15(20)5-9-2-3-10(17)6-12(9)16/h2-4,6-7,15,20H,5H2,1H3. The van der Waals surface area contributed by atoms with E-state index in [1.54, 1.807) is 0 Å². The molecule has 106 valence electrons. The highest BCUT2D eigenvalue weighted by Crippen LogP contribution is 2.27. The molecule has 0 aliphatic rings. The highest BCUT2D eigenvalue weighted by atomic mass is 79.9. The minimum absolute atomic E-state index is 0.0279. The normalized spacial score (nSPS) is 12.5. The molecule has 1 unspecified atom stereocenters. The Labute approximate surface area is 123 Å². The molecule has 0 aliphatic carbocycles. The zero-order chi connectivity index (χ0) is 14.9. The third kappa shape index (κ3) is 3.22. The zero-order valence-corrected chi connectivity index (χ0v) is 12.2. The number of halogens is 4. The van der Waals surface area contributed by atoms with Crippen molar-refractivity contribution in [1.29, 1.82) is 0 Å². The van der Waals surface area contributed by atoms with Crippen LogP contribution in [0.4, 0.5) is 13.2 Å². The van der Waals surface area contributed by atoms with Gasteiger partial charge in [0.05, 0.1) is 6.10 Å². The van der Waals surface area contributed by atoms with E-state index >= 15 is 0 Å². The molecule has 1 nitrogen and oxygen atoms in total. The second-order valence-corrected chi connectivity index (χ2v) is 5.43. The lowest BCUT2D eigenvalue weighted by atomic mass is 9.99. The Morgan fingerprint density at radius 1 is 1.10 bits per heavy atom. The molecule has 2 aromatic carbocycles. The summed E-state index contributed by atoms with van der Waals surface area (Å²) in [5.74, 6) is -1.85. The molecule has 2 aromatic rings. The monoisotopic (exact) mass is 344 g/mol. The fraction of sp³-hybridized carbons (Fsp3) is 0.200. The first-order chi connectivity index (χ1) is 9.38. The van der Waals surface area contributed by atoms with Gasteiger partial charge < -0.3 is 5.11 Å². The van der Waals surface area contributed by atoms with Crippen molar-refractivity contribution in [3.8, 4) is 0 Å². The maximum absolute atomic E-state index is 13.7. The number of hydrogen-bond donors (Lipinski definition) is 1. The van der Waals surface area contributed by atoms with Crippen LogP contribution in [0.2, 0.25) is 0 Å². The van der Waals surface area contributed by atoms with Crippen LogP contribution < -0.4 is 0 Å². The van der Waals surface area contributed by atoms with Crippen LogP contribution in [0.5, 0.6) is 0 Å². The quantitative estimate of drug-likeness (QED) is 0.871. The molecular formula is C15H12BrF3O. The summed E-state index contributed by atoms with van der Waals surface area (Å²) in [5, 5.41) is 10.1. The minimum Gasteiger partial charge on any atom is -0.388 e. The van der Waals surface area contributed by atoms with Crippen molar-refractivity contribution in [1.82, 2.24) is 0 Å². The van der Waals surface area contributed by atoms with Crippen LogP contribution in [0, 0.1) is 24.4 Å². The molecule has 0 heterocycles. The van der Waals surface area contributed by atoms with Gasteiger partial charge in [0.25, 0.3) is 0 Å². The summed E-state index contributed by atoms with van der Waals surface area (Å²) in [5.41, 5.74) is 0.930. The minimum atomic E-state index is -1.13. The zero-order valence-electron chi connectivity index (χ0n) is 10.6. The van der Waals surface area contributed by atoms with Gasteiger partial charge >= 0.3 is 0 Å². The van der Waals surface area contributed by atoms with E-state index < -0.39 is 23.6 Å². The lowest BCUT2D eigenvalue weighted by molar-refractivity contribution is 0.173. The molecule has 0 amide bonds. The maximum Gasteiger partial charge on any atom is 0.131 e. The van der Waals surface area contributed by atoms with E-state index in [1.165, 1.54) is 31.2 Å². The largest absolute Gasteiger partial charge is 0.388 e. The van der Waals surface area contributed by atoms with Crippen LogP contribution >= 0.6 is 15.9 Å². The Morgan fingerprint density at radius 3 is 2.45 bits per heavy atom. The van der Waals surface area contributed by atoms with Gasteiger partial charge in [-0.25, -0.2) is 13.2 Å². The molecule has 5 heteroatoms. The van der Waals surface area contributed by atoms with Crippen LogP contribution in [-0.2, 0) is 6.42 Å². The topological polar surface area (TPSA) is 20.2 Å². The molecule has 0 radical (unpaired) electrons. The number of aliphatic hydroxyl groups excluding tert-OH is 1. The second-order valence-electron chi connectivity index (χ2n) is 4.58. The molecular weight excluding hydrogens is 333 g/mol. The van der Waals surface area contributed by atoms with Crippen molar-refractivity contribution >= 4 is 15.9 Å². The molecule has 1 N–H and O–H groups in total. The van der Waals surface area contributed by atoms with Crippen molar-refractivity contribution in [2.75, 3.05) is 0 Å². The SMILES string of the molecule is Cc1cc(C(O)Cc2ccc(F)cc2Br)c(F)cc1F. The van der Waals surface area contributed by atoms with Crippen molar-refractivity contribution < 1.29 is 18.3 Å². The van der Waals surface area contributed by atoms with Gasteiger partial charge in [-0.2, -0.15) is 0 Å². The Hall–Kier alpha value is -1.33. The summed E-state index contributed by atoms with van der Waals surface area (Å²) < 4.78 is 40.3. The summed E-state index contributed by atoms with van der Waals surface area (Å²) >= 11 is 3.19. The summed E-state index contributed by atoms with van der Waals surface area (Å²) in [4.78, 5) is 0. The number of rotatable bonds is 3. The maximum atomic E-state index is 13.7. The van der Waals surface area contributed by atoms with Crippen LogP contribution in [0.3, 0.4) is 0 Å². The Kier molecular flexibility index (Phi) is 4.50. The Balaban J connectivity index is 2.28. The highest BCUT2D eigenvalue weighted by Gasteiger charge is 2.17. The molecule has 0 fully saturated rings. The smallest absolute Gasteiger partial charge is 0.131 e.